The zero-order valence-electron chi connectivity index (χ0n) is 16.1. The minimum atomic E-state index is -0.535. The molecule has 0 aliphatic carbocycles. The van der Waals surface area contributed by atoms with Crippen LogP contribution < -0.4 is 5.32 Å². The van der Waals surface area contributed by atoms with E-state index in [0.717, 1.165) is 5.56 Å². The molecule has 0 unspecified atom stereocenters. The molecule has 0 bridgehead atoms. The van der Waals surface area contributed by atoms with Crippen molar-refractivity contribution in [3.05, 3.63) is 70.8 Å². The van der Waals surface area contributed by atoms with Crippen LogP contribution in [0.5, 0.6) is 0 Å². The number of nitrogens with one attached hydrogen (secondary N) is 1. The molecule has 3 rings (SSSR count). The van der Waals surface area contributed by atoms with Gasteiger partial charge >= 0.3 is 5.97 Å². The summed E-state index contributed by atoms with van der Waals surface area (Å²) in [6.07, 6.45) is 1.03. The molecule has 0 atom stereocenters. The highest BCUT2D eigenvalue weighted by Crippen LogP contribution is 2.22. The van der Waals surface area contributed by atoms with Crippen LogP contribution in [0.15, 0.2) is 48.5 Å². The third-order valence-corrected chi connectivity index (χ3v) is 4.59. The summed E-state index contributed by atoms with van der Waals surface area (Å²) in [5, 5.41) is 2.52. The van der Waals surface area contributed by atoms with Crippen molar-refractivity contribution in [2.45, 2.75) is 19.8 Å². The van der Waals surface area contributed by atoms with E-state index in [0.29, 0.717) is 29.5 Å². The normalized spacial score (nSPS) is 12.7. The fraction of sp³-hybridized carbons (Fsp3) is 0.273. The van der Waals surface area contributed by atoms with Crippen LogP contribution in [-0.2, 0) is 9.53 Å². The van der Waals surface area contributed by atoms with Gasteiger partial charge in [0.1, 0.15) is 6.54 Å². The Morgan fingerprint density at radius 3 is 2.31 bits per heavy atom. The summed E-state index contributed by atoms with van der Waals surface area (Å²) in [6.45, 7) is 2.09. The quantitative estimate of drug-likeness (QED) is 0.421. The highest BCUT2D eigenvalue weighted by molar-refractivity contribution is 6.21. The molecule has 0 fully saturated rings. The Morgan fingerprint density at radius 1 is 0.966 bits per heavy atom. The van der Waals surface area contributed by atoms with Crippen molar-refractivity contribution in [2.24, 2.45) is 0 Å². The maximum atomic E-state index is 12.2. The molecule has 7 nitrogen and oxygen atoms in total. The summed E-state index contributed by atoms with van der Waals surface area (Å²) in [5.74, 6) is -1.45. The van der Waals surface area contributed by atoms with Crippen molar-refractivity contribution in [1.29, 1.82) is 0 Å². The minimum Gasteiger partial charge on any atom is -0.464 e. The summed E-state index contributed by atoms with van der Waals surface area (Å²) < 4.78 is 5.09. The molecule has 2 aromatic carbocycles. The number of amides is 3. The van der Waals surface area contributed by atoms with Gasteiger partial charge in [-0.15, -0.1) is 0 Å². The van der Waals surface area contributed by atoms with Crippen molar-refractivity contribution in [1.82, 2.24) is 10.2 Å². The first-order valence-corrected chi connectivity index (χ1v) is 9.43. The Morgan fingerprint density at radius 2 is 1.66 bits per heavy atom. The molecule has 1 aliphatic heterocycles. The topological polar surface area (TPSA) is 92.8 Å². The van der Waals surface area contributed by atoms with Crippen LogP contribution in [0.3, 0.4) is 0 Å². The van der Waals surface area contributed by atoms with Crippen LogP contribution in [0.4, 0.5) is 0 Å². The van der Waals surface area contributed by atoms with Crippen molar-refractivity contribution in [2.75, 3.05) is 19.7 Å². The summed E-state index contributed by atoms with van der Waals surface area (Å²) in [6, 6.07) is 13.8. The Kier molecular flexibility index (Phi) is 6.39. The Bertz CT molecular complexity index is 919. The van der Waals surface area contributed by atoms with Crippen LogP contribution in [0.25, 0.3) is 0 Å². The average Bonchev–Trinajstić information content (AvgIpc) is 2.96. The fourth-order valence-electron chi connectivity index (χ4n) is 3.09. The van der Waals surface area contributed by atoms with E-state index in [9.17, 15) is 19.2 Å². The summed E-state index contributed by atoms with van der Waals surface area (Å²) >= 11 is 0. The van der Waals surface area contributed by atoms with Crippen LogP contribution in [0, 0.1) is 6.92 Å². The number of imide groups is 1. The van der Waals surface area contributed by atoms with Gasteiger partial charge < -0.3 is 10.1 Å². The van der Waals surface area contributed by atoms with E-state index >= 15 is 0 Å². The van der Waals surface area contributed by atoms with Crippen LogP contribution in [0.2, 0.25) is 0 Å². The van der Waals surface area contributed by atoms with Crippen molar-refractivity contribution in [3.63, 3.8) is 0 Å². The second kappa shape index (κ2) is 9.14. The Labute approximate surface area is 168 Å². The molecule has 29 heavy (non-hydrogen) atoms. The Hall–Kier alpha value is -3.48. The van der Waals surface area contributed by atoms with E-state index in [1.807, 2.05) is 13.0 Å². The largest absolute Gasteiger partial charge is 0.464 e. The number of benzene rings is 2. The SMILES string of the molecule is Cc1cccc(C(=O)NCC(=O)OCCCCN2C(=O)c3ccccc3C2=O)c1. The predicted octanol–water partition coefficient (Wildman–Crippen LogP) is 2.34. The second-order valence-corrected chi connectivity index (χ2v) is 6.79. The molecule has 0 saturated heterocycles. The molecule has 2 aromatic rings. The van der Waals surface area contributed by atoms with E-state index in [-0.39, 0.29) is 37.4 Å². The van der Waals surface area contributed by atoms with Gasteiger partial charge in [-0.25, -0.2) is 0 Å². The molecule has 0 radical (unpaired) electrons. The lowest BCUT2D eigenvalue weighted by Gasteiger charge is -2.13. The summed E-state index contributed by atoms with van der Waals surface area (Å²) in [7, 11) is 0. The van der Waals surface area contributed by atoms with Crippen LogP contribution >= 0.6 is 0 Å². The molecule has 1 heterocycles. The van der Waals surface area contributed by atoms with Gasteiger partial charge in [0, 0.05) is 12.1 Å². The summed E-state index contributed by atoms with van der Waals surface area (Å²) in [5.41, 5.74) is 2.29. The van der Waals surface area contributed by atoms with Gasteiger partial charge in [0.05, 0.1) is 17.7 Å². The van der Waals surface area contributed by atoms with Gasteiger partial charge in [0.25, 0.3) is 17.7 Å². The number of fused-ring (bicyclic) bond motifs is 1. The average molecular weight is 394 g/mol. The van der Waals surface area contributed by atoms with E-state index in [4.69, 9.17) is 4.74 Å². The smallest absolute Gasteiger partial charge is 0.325 e. The lowest BCUT2D eigenvalue weighted by atomic mass is 10.1. The number of unbranched alkanes of at least 4 members (excludes halogenated alkanes) is 1. The third kappa shape index (κ3) is 4.87. The molecule has 7 heteroatoms. The van der Waals surface area contributed by atoms with Crippen LogP contribution in [0.1, 0.15) is 49.5 Å². The van der Waals surface area contributed by atoms with Crippen LogP contribution in [-0.4, -0.2) is 48.3 Å². The monoisotopic (exact) mass is 394 g/mol. The molecule has 1 aliphatic rings. The van der Waals surface area contributed by atoms with Gasteiger partial charge in [-0.2, -0.15) is 0 Å². The van der Waals surface area contributed by atoms with Gasteiger partial charge in [-0.1, -0.05) is 29.8 Å². The molecule has 0 spiro atoms. The first-order chi connectivity index (χ1) is 14.0. The number of esters is 1. The molecular weight excluding hydrogens is 372 g/mol. The maximum absolute atomic E-state index is 12.2. The maximum Gasteiger partial charge on any atom is 0.325 e. The molecular formula is C22H22N2O5. The number of carbonyl (C=O) groups is 4. The predicted molar refractivity (Wildman–Crippen MR) is 106 cm³/mol. The highest BCUT2D eigenvalue weighted by Gasteiger charge is 2.34. The number of ether oxygens (including phenoxy) is 1. The number of hydrogen-bond acceptors (Lipinski definition) is 5. The van der Waals surface area contributed by atoms with Gasteiger partial charge in [-0.3, -0.25) is 24.1 Å². The van der Waals surface area contributed by atoms with E-state index in [2.05, 4.69) is 5.32 Å². The molecule has 0 saturated carbocycles. The standard InChI is InChI=1S/C22H22N2O5/c1-15-7-6-8-16(13-15)20(26)23-14-19(25)29-12-5-4-11-24-21(27)17-9-2-3-10-18(17)22(24)28/h2-3,6-10,13H,4-5,11-12,14H2,1H3,(H,23,26). The molecule has 3 amide bonds. The minimum absolute atomic E-state index is 0.155. The fourth-order valence-corrected chi connectivity index (χ4v) is 3.09. The first kappa shape index (κ1) is 20.3. The van der Waals surface area contributed by atoms with Crippen molar-refractivity contribution < 1.29 is 23.9 Å². The highest BCUT2D eigenvalue weighted by atomic mass is 16.5. The van der Waals surface area contributed by atoms with Crippen molar-refractivity contribution in [3.8, 4) is 0 Å². The third-order valence-electron chi connectivity index (χ3n) is 4.59. The number of hydrogen-bond donors (Lipinski definition) is 1. The molecule has 0 aromatic heterocycles. The Balaban J connectivity index is 1.34. The van der Waals surface area contributed by atoms with Gasteiger partial charge in [0.2, 0.25) is 0 Å². The van der Waals surface area contributed by atoms with E-state index in [1.54, 1.807) is 42.5 Å². The lowest BCUT2D eigenvalue weighted by Crippen LogP contribution is -2.31. The first-order valence-electron chi connectivity index (χ1n) is 9.43. The number of nitrogens with zero attached hydrogens (tertiary/aromatic N) is 1. The second-order valence-electron chi connectivity index (χ2n) is 6.79. The number of aryl methyl sites for hydroxylation is 1. The van der Waals surface area contributed by atoms with E-state index in [1.165, 1.54) is 4.90 Å². The lowest BCUT2D eigenvalue weighted by molar-refractivity contribution is -0.142. The zero-order valence-corrected chi connectivity index (χ0v) is 16.1. The molecule has 150 valence electrons. The van der Waals surface area contributed by atoms with Gasteiger partial charge in [0.15, 0.2) is 0 Å². The number of carbonyl (C=O) groups excluding carboxylic acids is 4. The van der Waals surface area contributed by atoms with Crippen molar-refractivity contribution >= 4 is 23.7 Å². The number of rotatable bonds is 8. The summed E-state index contributed by atoms with van der Waals surface area (Å²) in [4.78, 5) is 49.5. The molecule has 1 N–H and O–H groups in total. The van der Waals surface area contributed by atoms with E-state index < -0.39 is 5.97 Å². The van der Waals surface area contributed by atoms with Gasteiger partial charge in [-0.05, 0) is 44.0 Å². The zero-order chi connectivity index (χ0) is 20.8.